The molecule has 1 aromatic carbocycles. The molecule has 0 spiro atoms. The summed E-state index contributed by atoms with van der Waals surface area (Å²) in [7, 11) is 0. The molecule has 1 saturated heterocycles. The number of ether oxygens (including phenoxy) is 1. The third-order valence-electron chi connectivity index (χ3n) is 3.12. The average molecular weight is 313 g/mol. The van der Waals surface area contributed by atoms with Crippen molar-refractivity contribution in [2.45, 2.75) is 25.1 Å². The third-order valence-corrected chi connectivity index (χ3v) is 3.12. The maximum atomic E-state index is 12.1. The molecular formula is C15H14F3NO3. The van der Waals surface area contributed by atoms with Crippen LogP contribution in [0.4, 0.5) is 18.0 Å². The molecule has 0 unspecified atom stereocenters. The lowest BCUT2D eigenvalue weighted by molar-refractivity contribution is -0.125. The molecule has 0 aliphatic carbocycles. The number of benzene rings is 1. The second-order valence-electron chi connectivity index (χ2n) is 4.85. The van der Waals surface area contributed by atoms with Gasteiger partial charge in [-0.1, -0.05) is 36.4 Å². The van der Waals surface area contributed by atoms with Crippen molar-refractivity contribution < 1.29 is 27.5 Å². The maximum absolute atomic E-state index is 12.1. The monoisotopic (exact) mass is 313 g/mol. The van der Waals surface area contributed by atoms with Crippen molar-refractivity contribution in [3.8, 4) is 0 Å². The summed E-state index contributed by atoms with van der Waals surface area (Å²) in [6, 6.07) is 8.64. The molecule has 0 aromatic heterocycles. The van der Waals surface area contributed by atoms with Crippen LogP contribution in [-0.2, 0) is 16.0 Å². The topological polar surface area (TPSA) is 46.6 Å². The summed E-state index contributed by atoms with van der Waals surface area (Å²) in [5.74, 6) is -0.798. The Morgan fingerprint density at radius 3 is 2.64 bits per heavy atom. The molecule has 4 nitrogen and oxygen atoms in total. The van der Waals surface area contributed by atoms with Gasteiger partial charge in [-0.15, -0.1) is 0 Å². The molecule has 1 atom stereocenters. The van der Waals surface area contributed by atoms with Crippen LogP contribution in [-0.4, -0.2) is 35.7 Å². The van der Waals surface area contributed by atoms with Gasteiger partial charge in [-0.2, -0.15) is 13.2 Å². The van der Waals surface area contributed by atoms with Gasteiger partial charge in [0.05, 0.1) is 12.5 Å². The van der Waals surface area contributed by atoms with E-state index in [0.717, 1.165) is 16.5 Å². The number of nitrogens with zero attached hydrogens (tertiary/aromatic N) is 1. The van der Waals surface area contributed by atoms with Crippen LogP contribution in [0, 0.1) is 0 Å². The van der Waals surface area contributed by atoms with Crippen molar-refractivity contribution in [2.24, 2.45) is 0 Å². The van der Waals surface area contributed by atoms with Gasteiger partial charge in [0.1, 0.15) is 6.61 Å². The minimum atomic E-state index is -4.38. The standard InChI is InChI=1S/C15H14F3NO3/c16-15(17,18)8-4-7-13(20)19-12(10-22-14(19)21)9-11-5-2-1-3-6-11/h1-7,12H,8-10H2/t12-/m1/s1. The van der Waals surface area contributed by atoms with E-state index < -0.39 is 30.6 Å². The van der Waals surface area contributed by atoms with Gasteiger partial charge in [-0.25, -0.2) is 9.69 Å². The van der Waals surface area contributed by atoms with E-state index in [-0.39, 0.29) is 6.61 Å². The van der Waals surface area contributed by atoms with Gasteiger partial charge in [0, 0.05) is 6.08 Å². The number of rotatable bonds is 4. The first-order valence-corrected chi connectivity index (χ1v) is 6.64. The smallest absolute Gasteiger partial charge is 0.417 e. The van der Waals surface area contributed by atoms with E-state index in [1.54, 1.807) is 0 Å². The highest BCUT2D eigenvalue weighted by molar-refractivity contribution is 5.99. The van der Waals surface area contributed by atoms with Crippen LogP contribution in [0.2, 0.25) is 0 Å². The summed E-state index contributed by atoms with van der Waals surface area (Å²) >= 11 is 0. The van der Waals surface area contributed by atoms with Crippen LogP contribution in [0.5, 0.6) is 0 Å². The van der Waals surface area contributed by atoms with Gasteiger partial charge in [-0.3, -0.25) is 4.79 Å². The highest BCUT2D eigenvalue weighted by Gasteiger charge is 2.37. The summed E-state index contributed by atoms with van der Waals surface area (Å²) in [5.41, 5.74) is 0.905. The van der Waals surface area contributed by atoms with Gasteiger partial charge in [0.25, 0.3) is 5.91 Å². The van der Waals surface area contributed by atoms with E-state index in [1.165, 1.54) is 0 Å². The predicted octanol–water partition coefficient (Wildman–Crippen LogP) is 3.09. The first-order chi connectivity index (χ1) is 10.4. The van der Waals surface area contributed by atoms with Crippen molar-refractivity contribution >= 4 is 12.0 Å². The van der Waals surface area contributed by atoms with E-state index >= 15 is 0 Å². The van der Waals surface area contributed by atoms with Crippen molar-refractivity contribution in [3.05, 3.63) is 48.0 Å². The number of hydrogen-bond donors (Lipinski definition) is 0. The summed E-state index contributed by atoms with van der Waals surface area (Å²) in [5, 5.41) is 0. The predicted molar refractivity (Wildman–Crippen MR) is 71.9 cm³/mol. The summed E-state index contributed by atoms with van der Waals surface area (Å²) in [6.45, 7) is 0.0343. The number of imide groups is 1. The Hall–Kier alpha value is -2.31. The Morgan fingerprint density at radius 1 is 1.32 bits per heavy atom. The third kappa shape index (κ3) is 4.34. The molecule has 1 aliphatic rings. The molecule has 118 valence electrons. The zero-order chi connectivity index (χ0) is 16.2. The highest BCUT2D eigenvalue weighted by atomic mass is 19.4. The highest BCUT2D eigenvalue weighted by Crippen LogP contribution is 2.21. The number of carbonyl (C=O) groups excluding carboxylic acids is 2. The van der Waals surface area contributed by atoms with E-state index in [9.17, 15) is 22.8 Å². The van der Waals surface area contributed by atoms with E-state index in [2.05, 4.69) is 0 Å². The Morgan fingerprint density at radius 2 is 2.00 bits per heavy atom. The number of allylic oxidation sites excluding steroid dienone is 1. The minimum absolute atomic E-state index is 0.0343. The number of alkyl halides is 3. The number of amides is 2. The van der Waals surface area contributed by atoms with Crippen LogP contribution in [0.1, 0.15) is 12.0 Å². The molecule has 0 N–H and O–H groups in total. The van der Waals surface area contributed by atoms with Gasteiger partial charge in [0.2, 0.25) is 0 Å². The Bertz CT molecular complexity index is 569. The van der Waals surface area contributed by atoms with E-state index in [1.807, 2.05) is 30.3 Å². The van der Waals surface area contributed by atoms with Crippen LogP contribution in [0.15, 0.2) is 42.5 Å². The Balaban J connectivity index is 2.03. The normalized spacial score (nSPS) is 18.8. The van der Waals surface area contributed by atoms with Gasteiger partial charge in [-0.05, 0) is 12.0 Å². The lowest BCUT2D eigenvalue weighted by Crippen LogP contribution is -2.39. The second-order valence-corrected chi connectivity index (χ2v) is 4.85. The van der Waals surface area contributed by atoms with Gasteiger partial charge >= 0.3 is 12.3 Å². The minimum Gasteiger partial charge on any atom is -0.447 e. The molecule has 7 heteroatoms. The fourth-order valence-corrected chi connectivity index (χ4v) is 2.14. The molecule has 1 aliphatic heterocycles. The lowest BCUT2D eigenvalue weighted by atomic mass is 10.1. The zero-order valence-corrected chi connectivity index (χ0v) is 11.5. The fraction of sp³-hybridized carbons (Fsp3) is 0.333. The van der Waals surface area contributed by atoms with Crippen molar-refractivity contribution in [1.29, 1.82) is 0 Å². The maximum Gasteiger partial charge on any atom is 0.417 e. The lowest BCUT2D eigenvalue weighted by Gasteiger charge is -2.18. The Labute approximate surface area is 125 Å². The average Bonchev–Trinajstić information content (AvgIpc) is 2.79. The summed E-state index contributed by atoms with van der Waals surface area (Å²) < 4.78 is 41.0. The van der Waals surface area contributed by atoms with Crippen LogP contribution in [0.3, 0.4) is 0 Å². The molecule has 1 heterocycles. The van der Waals surface area contributed by atoms with Crippen LogP contribution >= 0.6 is 0 Å². The first kappa shape index (κ1) is 16.1. The zero-order valence-electron chi connectivity index (χ0n) is 11.5. The van der Waals surface area contributed by atoms with Gasteiger partial charge < -0.3 is 4.74 Å². The summed E-state index contributed by atoms with van der Waals surface area (Å²) in [4.78, 5) is 24.4. The van der Waals surface area contributed by atoms with Crippen LogP contribution in [0.25, 0.3) is 0 Å². The molecule has 2 rings (SSSR count). The SMILES string of the molecule is O=C(C=CCC(F)(F)F)N1C(=O)OC[C@H]1Cc1ccccc1. The fourth-order valence-electron chi connectivity index (χ4n) is 2.14. The number of hydrogen-bond acceptors (Lipinski definition) is 3. The quantitative estimate of drug-likeness (QED) is 0.803. The molecule has 0 saturated carbocycles. The molecule has 1 aromatic rings. The number of cyclic esters (lactones) is 1. The second kappa shape index (κ2) is 6.64. The first-order valence-electron chi connectivity index (χ1n) is 6.64. The van der Waals surface area contributed by atoms with Crippen molar-refractivity contribution in [1.82, 2.24) is 4.90 Å². The Kier molecular flexibility index (Phi) is 4.85. The molecule has 2 amide bonds. The molecule has 0 bridgehead atoms. The molecule has 22 heavy (non-hydrogen) atoms. The van der Waals surface area contributed by atoms with E-state index in [4.69, 9.17) is 4.74 Å². The number of carbonyl (C=O) groups is 2. The number of halogens is 3. The van der Waals surface area contributed by atoms with Crippen molar-refractivity contribution in [3.63, 3.8) is 0 Å². The largest absolute Gasteiger partial charge is 0.447 e. The van der Waals surface area contributed by atoms with Crippen molar-refractivity contribution in [2.75, 3.05) is 6.61 Å². The van der Waals surface area contributed by atoms with E-state index in [0.29, 0.717) is 12.5 Å². The molecular weight excluding hydrogens is 299 g/mol. The van der Waals surface area contributed by atoms with Gasteiger partial charge in [0.15, 0.2) is 0 Å². The summed E-state index contributed by atoms with van der Waals surface area (Å²) in [6.07, 6.45) is -4.57. The molecule has 0 radical (unpaired) electrons. The molecule has 1 fully saturated rings. The van der Waals surface area contributed by atoms with Crippen LogP contribution < -0.4 is 0 Å².